The first kappa shape index (κ1) is 13.6. The first-order valence-electron chi connectivity index (χ1n) is 5.31. The van der Waals surface area contributed by atoms with Crippen molar-refractivity contribution < 1.29 is 9.53 Å². The number of rotatable bonds is 2. The minimum absolute atomic E-state index is 0.178. The van der Waals surface area contributed by atoms with Gasteiger partial charge in [0.2, 0.25) is 8.32 Å². The van der Waals surface area contributed by atoms with Crippen LogP contribution in [0.15, 0.2) is 22.7 Å². The van der Waals surface area contributed by atoms with Gasteiger partial charge in [-0.1, -0.05) is 20.8 Å². The molecular formula is C12H19BrO2Si. The van der Waals surface area contributed by atoms with Gasteiger partial charge in [0.15, 0.2) is 0 Å². The fraction of sp³-hybridized carbons (Fsp3) is 0.500. The van der Waals surface area contributed by atoms with E-state index in [1.54, 1.807) is 12.1 Å². The summed E-state index contributed by atoms with van der Waals surface area (Å²) < 4.78 is 6.77. The Labute approximate surface area is 107 Å². The molecule has 90 valence electrons. The van der Waals surface area contributed by atoms with Gasteiger partial charge >= 0.3 is 0 Å². The average Bonchev–Trinajstić information content (AvgIpc) is 2.09. The highest BCUT2D eigenvalue weighted by Crippen LogP contribution is 2.38. The summed E-state index contributed by atoms with van der Waals surface area (Å²) >= 11 is 3.29. The van der Waals surface area contributed by atoms with Crippen LogP contribution >= 0.6 is 15.9 Å². The highest BCUT2D eigenvalue weighted by Gasteiger charge is 2.38. The largest absolute Gasteiger partial charge is 0.543 e. The number of hydrogen-bond donors (Lipinski definition) is 1. The molecule has 0 spiro atoms. The van der Waals surface area contributed by atoms with Crippen molar-refractivity contribution in [1.29, 1.82) is 0 Å². The number of benzene rings is 1. The van der Waals surface area contributed by atoms with E-state index in [9.17, 15) is 5.11 Å². The lowest BCUT2D eigenvalue weighted by atomic mass is 10.2. The zero-order chi connectivity index (χ0) is 12.6. The fourth-order valence-corrected chi connectivity index (χ4v) is 2.38. The lowest BCUT2D eigenvalue weighted by molar-refractivity contribution is 0.465. The molecule has 4 heteroatoms. The van der Waals surface area contributed by atoms with Gasteiger partial charge in [0, 0.05) is 0 Å². The fourth-order valence-electron chi connectivity index (χ4n) is 0.999. The molecule has 0 bridgehead atoms. The van der Waals surface area contributed by atoms with Crippen molar-refractivity contribution in [3.05, 3.63) is 22.7 Å². The van der Waals surface area contributed by atoms with Crippen LogP contribution in [-0.4, -0.2) is 13.4 Å². The number of phenols is 1. The van der Waals surface area contributed by atoms with Crippen LogP contribution < -0.4 is 4.43 Å². The summed E-state index contributed by atoms with van der Waals surface area (Å²) in [5, 5.41) is 9.59. The standard InChI is InChI=1S/C12H19BrO2Si/c1-12(2,3)16(4,5)15-9-6-7-11(14)10(13)8-9/h6-8,14H,1-5H3. The minimum atomic E-state index is -1.79. The topological polar surface area (TPSA) is 29.5 Å². The summed E-state index contributed by atoms with van der Waals surface area (Å²) in [6, 6.07) is 5.27. The van der Waals surface area contributed by atoms with Gasteiger partial charge in [0.05, 0.1) is 4.47 Å². The monoisotopic (exact) mass is 302 g/mol. The molecule has 0 aliphatic heterocycles. The second-order valence-electron chi connectivity index (χ2n) is 5.48. The van der Waals surface area contributed by atoms with Crippen LogP contribution in [-0.2, 0) is 0 Å². The van der Waals surface area contributed by atoms with Crippen molar-refractivity contribution in [2.45, 2.75) is 38.9 Å². The quantitative estimate of drug-likeness (QED) is 0.813. The van der Waals surface area contributed by atoms with Gasteiger partial charge in [-0.25, -0.2) is 0 Å². The molecule has 16 heavy (non-hydrogen) atoms. The van der Waals surface area contributed by atoms with E-state index in [1.165, 1.54) is 0 Å². The van der Waals surface area contributed by atoms with Crippen LogP contribution in [0.5, 0.6) is 11.5 Å². The van der Waals surface area contributed by atoms with Gasteiger partial charge in [-0.3, -0.25) is 0 Å². The zero-order valence-corrected chi connectivity index (χ0v) is 13.1. The Morgan fingerprint density at radius 3 is 2.25 bits per heavy atom. The molecule has 0 amide bonds. The average molecular weight is 303 g/mol. The van der Waals surface area contributed by atoms with Crippen molar-refractivity contribution in [2.24, 2.45) is 0 Å². The van der Waals surface area contributed by atoms with E-state index in [2.05, 4.69) is 49.8 Å². The zero-order valence-electron chi connectivity index (χ0n) is 10.5. The SMILES string of the molecule is CC(C)(C)[Si](C)(C)Oc1ccc(O)c(Br)c1. The van der Waals surface area contributed by atoms with Crippen LogP contribution in [0.3, 0.4) is 0 Å². The predicted octanol–water partition coefficient (Wildman–Crippen LogP) is 4.54. The summed E-state index contributed by atoms with van der Waals surface area (Å²) in [5.74, 6) is 1.05. The first-order chi connectivity index (χ1) is 7.13. The molecule has 0 unspecified atom stereocenters. The van der Waals surface area contributed by atoms with Crippen LogP contribution in [0, 0.1) is 0 Å². The Bertz CT molecular complexity index is 383. The molecule has 0 radical (unpaired) electrons. The van der Waals surface area contributed by atoms with Crippen LogP contribution in [0.4, 0.5) is 0 Å². The van der Waals surface area contributed by atoms with Gasteiger partial charge in [0.1, 0.15) is 11.5 Å². The predicted molar refractivity (Wildman–Crippen MR) is 73.6 cm³/mol. The van der Waals surface area contributed by atoms with E-state index in [4.69, 9.17) is 4.43 Å². The Kier molecular flexibility index (Phi) is 3.75. The molecule has 0 aliphatic carbocycles. The summed E-state index contributed by atoms with van der Waals surface area (Å²) in [7, 11) is -1.79. The summed E-state index contributed by atoms with van der Waals surface area (Å²) in [5.41, 5.74) is 0. The Balaban J connectivity index is 2.93. The van der Waals surface area contributed by atoms with Gasteiger partial charge in [-0.05, 0) is 52.3 Å². The summed E-state index contributed by atoms with van der Waals surface area (Å²) in [4.78, 5) is 0. The van der Waals surface area contributed by atoms with E-state index in [1.807, 2.05) is 6.07 Å². The third kappa shape index (κ3) is 3.01. The Morgan fingerprint density at radius 1 is 1.25 bits per heavy atom. The summed E-state index contributed by atoms with van der Waals surface area (Å²) in [6.07, 6.45) is 0. The molecule has 1 rings (SSSR count). The van der Waals surface area contributed by atoms with Crippen molar-refractivity contribution in [3.63, 3.8) is 0 Å². The molecule has 0 fully saturated rings. The van der Waals surface area contributed by atoms with Crippen LogP contribution in [0.1, 0.15) is 20.8 Å². The number of phenolic OH excluding ortho intramolecular Hbond substituents is 1. The van der Waals surface area contributed by atoms with Gasteiger partial charge in [0.25, 0.3) is 0 Å². The first-order valence-corrected chi connectivity index (χ1v) is 9.01. The van der Waals surface area contributed by atoms with Crippen molar-refractivity contribution in [3.8, 4) is 11.5 Å². The van der Waals surface area contributed by atoms with E-state index < -0.39 is 8.32 Å². The van der Waals surface area contributed by atoms with Crippen molar-refractivity contribution in [1.82, 2.24) is 0 Å². The van der Waals surface area contributed by atoms with Gasteiger partial charge < -0.3 is 9.53 Å². The van der Waals surface area contributed by atoms with Gasteiger partial charge in [-0.2, -0.15) is 0 Å². The molecule has 0 saturated heterocycles. The molecule has 1 aromatic rings. The second-order valence-corrected chi connectivity index (χ2v) is 11.1. The molecule has 2 nitrogen and oxygen atoms in total. The van der Waals surface area contributed by atoms with E-state index in [-0.39, 0.29) is 10.8 Å². The third-order valence-corrected chi connectivity index (χ3v) is 8.09. The highest BCUT2D eigenvalue weighted by atomic mass is 79.9. The highest BCUT2D eigenvalue weighted by molar-refractivity contribution is 9.10. The Hall–Kier alpha value is -0.483. The van der Waals surface area contributed by atoms with Crippen molar-refractivity contribution in [2.75, 3.05) is 0 Å². The molecule has 0 heterocycles. The van der Waals surface area contributed by atoms with Crippen molar-refractivity contribution >= 4 is 24.2 Å². The molecule has 0 aliphatic rings. The Morgan fingerprint density at radius 2 is 1.81 bits per heavy atom. The maximum absolute atomic E-state index is 9.41. The maximum atomic E-state index is 9.41. The smallest absolute Gasteiger partial charge is 0.250 e. The molecule has 0 saturated carbocycles. The molecule has 1 N–H and O–H groups in total. The van der Waals surface area contributed by atoms with Crippen LogP contribution in [0.25, 0.3) is 0 Å². The van der Waals surface area contributed by atoms with E-state index in [0.29, 0.717) is 4.47 Å². The minimum Gasteiger partial charge on any atom is -0.543 e. The third-order valence-electron chi connectivity index (χ3n) is 3.10. The van der Waals surface area contributed by atoms with Gasteiger partial charge in [-0.15, -0.1) is 0 Å². The maximum Gasteiger partial charge on any atom is 0.250 e. The molecular weight excluding hydrogens is 284 g/mol. The molecule has 0 aromatic heterocycles. The number of aromatic hydroxyl groups is 1. The molecule has 0 atom stereocenters. The lowest BCUT2D eigenvalue weighted by Crippen LogP contribution is -2.43. The normalized spacial score (nSPS) is 12.6. The second kappa shape index (κ2) is 4.41. The lowest BCUT2D eigenvalue weighted by Gasteiger charge is -2.36. The van der Waals surface area contributed by atoms with E-state index >= 15 is 0 Å². The van der Waals surface area contributed by atoms with Crippen LogP contribution in [0.2, 0.25) is 18.1 Å². The molecule has 1 aromatic carbocycles. The summed E-state index contributed by atoms with van der Waals surface area (Å²) in [6.45, 7) is 11.0. The number of halogens is 1. The van der Waals surface area contributed by atoms with E-state index in [0.717, 1.165) is 5.75 Å². The number of hydrogen-bond acceptors (Lipinski definition) is 2.